The van der Waals surface area contributed by atoms with E-state index >= 15 is 0 Å². The fraction of sp³-hybridized carbons (Fsp3) is 0.0667. The number of hydrogen-bond acceptors (Lipinski definition) is 5. The molecule has 2 aromatic carbocycles. The number of nitrogens with two attached hydrogens (primary N) is 1. The lowest BCUT2D eigenvalue weighted by Crippen LogP contribution is -1.88. The summed E-state index contributed by atoms with van der Waals surface area (Å²) in [6.45, 7) is 0. The van der Waals surface area contributed by atoms with Crippen molar-refractivity contribution in [2.24, 2.45) is 0 Å². The van der Waals surface area contributed by atoms with Gasteiger partial charge in [-0.1, -0.05) is 41.0 Å². The molecule has 0 fully saturated rings. The lowest BCUT2D eigenvalue weighted by Gasteiger charge is -2.01. The number of nitrogens with zero attached hydrogens (tertiary/aromatic N) is 2. The van der Waals surface area contributed by atoms with Crippen LogP contribution in [0.3, 0.4) is 0 Å². The van der Waals surface area contributed by atoms with Crippen molar-refractivity contribution in [3.8, 4) is 11.4 Å². The van der Waals surface area contributed by atoms with Gasteiger partial charge in [0.15, 0.2) is 0 Å². The van der Waals surface area contributed by atoms with Crippen LogP contribution in [-0.4, -0.2) is 10.1 Å². The highest BCUT2D eigenvalue weighted by atomic mass is 35.5. The van der Waals surface area contributed by atoms with E-state index < -0.39 is 0 Å². The molecule has 0 aliphatic heterocycles. The molecule has 1 heterocycles. The van der Waals surface area contributed by atoms with Gasteiger partial charge in [-0.05, 0) is 24.3 Å². The number of halogens is 1. The fourth-order valence-electron chi connectivity index (χ4n) is 1.82. The molecular weight excluding hydrogens is 306 g/mol. The van der Waals surface area contributed by atoms with E-state index in [1.165, 1.54) is 0 Å². The van der Waals surface area contributed by atoms with Crippen LogP contribution in [0.4, 0.5) is 5.69 Å². The largest absolute Gasteiger partial charge is 0.398 e. The second-order valence-corrected chi connectivity index (χ2v) is 5.74. The van der Waals surface area contributed by atoms with Crippen molar-refractivity contribution in [1.29, 1.82) is 0 Å². The highest BCUT2D eigenvalue weighted by Crippen LogP contribution is 2.29. The molecule has 0 radical (unpaired) electrons. The molecule has 106 valence electrons. The Hall–Kier alpha value is -1.98. The number of benzene rings is 2. The second-order valence-electron chi connectivity index (χ2n) is 4.32. The Kier molecular flexibility index (Phi) is 4.13. The van der Waals surface area contributed by atoms with Crippen LogP contribution in [0.2, 0.25) is 5.02 Å². The first-order valence-corrected chi connectivity index (χ1v) is 7.65. The lowest BCUT2D eigenvalue weighted by molar-refractivity contribution is 0.391. The average molecular weight is 318 g/mol. The van der Waals surface area contributed by atoms with Gasteiger partial charge in [0, 0.05) is 16.1 Å². The number of anilines is 1. The van der Waals surface area contributed by atoms with E-state index in [4.69, 9.17) is 21.9 Å². The summed E-state index contributed by atoms with van der Waals surface area (Å²) in [6, 6.07) is 15.1. The molecule has 0 atom stereocenters. The Balaban J connectivity index is 1.74. The maximum atomic E-state index is 6.12. The molecular formula is C15H12ClN3OS. The number of hydrogen-bond donors (Lipinski definition) is 1. The van der Waals surface area contributed by atoms with Gasteiger partial charge < -0.3 is 10.3 Å². The summed E-state index contributed by atoms with van der Waals surface area (Å²) in [5.41, 5.74) is 7.40. The van der Waals surface area contributed by atoms with E-state index in [2.05, 4.69) is 10.1 Å². The van der Waals surface area contributed by atoms with Gasteiger partial charge in [0.05, 0.1) is 10.8 Å². The van der Waals surface area contributed by atoms with Crippen molar-refractivity contribution >= 4 is 29.1 Å². The monoisotopic (exact) mass is 317 g/mol. The molecule has 1 aromatic heterocycles. The molecule has 0 aliphatic carbocycles. The van der Waals surface area contributed by atoms with E-state index in [9.17, 15) is 0 Å². The summed E-state index contributed by atoms with van der Waals surface area (Å²) in [5.74, 6) is 1.60. The summed E-state index contributed by atoms with van der Waals surface area (Å²) in [4.78, 5) is 5.36. The first kappa shape index (κ1) is 14.0. The first-order chi connectivity index (χ1) is 10.2. The third-order valence-corrected chi connectivity index (χ3v) is 4.26. The molecule has 0 saturated heterocycles. The van der Waals surface area contributed by atoms with Crippen LogP contribution in [0, 0.1) is 0 Å². The second kappa shape index (κ2) is 6.20. The van der Waals surface area contributed by atoms with E-state index in [0.717, 1.165) is 16.1 Å². The molecule has 0 unspecified atom stereocenters. The molecule has 0 amide bonds. The van der Waals surface area contributed by atoms with Gasteiger partial charge in [-0.25, -0.2) is 0 Å². The van der Waals surface area contributed by atoms with E-state index in [0.29, 0.717) is 22.5 Å². The van der Waals surface area contributed by atoms with Gasteiger partial charge in [0.1, 0.15) is 0 Å². The molecule has 0 saturated carbocycles. The van der Waals surface area contributed by atoms with Crippen molar-refractivity contribution < 1.29 is 4.52 Å². The van der Waals surface area contributed by atoms with Gasteiger partial charge in [0.2, 0.25) is 11.7 Å². The zero-order valence-corrected chi connectivity index (χ0v) is 12.6. The minimum atomic E-state index is 0.497. The maximum absolute atomic E-state index is 6.12. The number of thioether (sulfide) groups is 1. The first-order valence-electron chi connectivity index (χ1n) is 6.29. The summed E-state index contributed by atoms with van der Waals surface area (Å²) in [5, 5.41) is 4.57. The van der Waals surface area contributed by atoms with Gasteiger partial charge in [-0.3, -0.25) is 0 Å². The molecule has 2 N–H and O–H groups in total. The average Bonchev–Trinajstić information content (AvgIpc) is 2.96. The summed E-state index contributed by atoms with van der Waals surface area (Å²) in [6.07, 6.45) is 0. The summed E-state index contributed by atoms with van der Waals surface area (Å²) < 4.78 is 5.25. The Morgan fingerprint density at radius 1 is 1.10 bits per heavy atom. The van der Waals surface area contributed by atoms with Crippen LogP contribution < -0.4 is 5.73 Å². The maximum Gasteiger partial charge on any atom is 0.237 e. The lowest BCUT2D eigenvalue weighted by atomic mass is 10.2. The quantitative estimate of drug-likeness (QED) is 0.575. The molecule has 0 aliphatic rings. The SMILES string of the molecule is Nc1ccccc1SCc1nc(-c2ccccc2Cl)no1. The minimum Gasteiger partial charge on any atom is -0.398 e. The molecule has 3 rings (SSSR count). The minimum absolute atomic E-state index is 0.497. The van der Waals surface area contributed by atoms with Gasteiger partial charge in [-0.2, -0.15) is 4.98 Å². The molecule has 21 heavy (non-hydrogen) atoms. The van der Waals surface area contributed by atoms with E-state index in [1.807, 2.05) is 42.5 Å². The van der Waals surface area contributed by atoms with Crippen molar-refractivity contribution in [3.63, 3.8) is 0 Å². The van der Waals surface area contributed by atoms with E-state index in [-0.39, 0.29) is 0 Å². The number of aromatic nitrogens is 2. The Labute approximate surface area is 131 Å². The standard InChI is InChI=1S/C15H12ClN3OS/c16-11-6-2-1-5-10(11)15-18-14(20-19-15)9-21-13-8-4-3-7-12(13)17/h1-8H,9,17H2. The molecule has 4 nitrogen and oxygen atoms in total. The number of rotatable bonds is 4. The van der Waals surface area contributed by atoms with Gasteiger partial charge in [-0.15, -0.1) is 11.8 Å². The van der Waals surface area contributed by atoms with Gasteiger partial charge >= 0.3 is 0 Å². The van der Waals surface area contributed by atoms with Crippen LogP contribution in [0.1, 0.15) is 5.89 Å². The van der Waals surface area contributed by atoms with Crippen LogP contribution in [0.25, 0.3) is 11.4 Å². The smallest absolute Gasteiger partial charge is 0.237 e. The predicted octanol–water partition coefficient (Wildman–Crippen LogP) is 4.26. The molecule has 0 bridgehead atoms. The molecule has 3 aromatic rings. The normalized spacial score (nSPS) is 10.7. The Morgan fingerprint density at radius 3 is 2.67 bits per heavy atom. The van der Waals surface area contributed by atoms with Crippen molar-refractivity contribution in [3.05, 3.63) is 59.4 Å². The highest BCUT2D eigenvalue weighted by Gasteiger charge is 2.12. The molecule has 0 spiro atoms. The zero-order chi connectivity index (χ0) is 14.7. The topological polar surface area (TPSA) is 64.9 Å². The van der Waals surface area contributed by atoms with Gasteiger partial charge in [0.25, 0.3) is 0 Å². The van der Waals surface area contributed by atoms with Crippen LogP contribution in [0.15, 0.2) is 57.9 Å². The van der Waals surface area contributed by atoms with Crippen LogP contribution in [0.5, 0.6) is 0 Å². The Morgan fingerprint density at radius 2 is 1.86 bits per heavy atom. The molecule has 6 heteroatoms. The fourth-order valence-corrected chi connectivity index (χ4v) is 2.84. The number of nitrogen functional groups attached to an aromatic ring is 1. The van der Waals surface area contributed by atoms with Crippen molar-refractivity contribution in [2.75, 3.05) is 5.73 Å². The van der Waals surface area contributed by atoms with Crippen LogP contribution in [-0.2, 0) is 5.75 Å². The highest BCUT2D eigenvalue weighted by molar-refractivity contribution is 7.98. The van der Waals surface area contributed by atoms with Crippen molar-refractivity contribution in [1.82, 2.24) is 10.1 Å². The number of para-hydroxylation sites is 1. The summed E-state index contributed by atoms with van der Waals surface area (Å²) in [7, 11) is 0. The predicted molar refractivity (Wildman–Crippen MR) is 85.2 cm³/mol. The third kappa shape index (κ3) is 3.20. The third-order valence-electron chi connectivity index (χ3n) is 2.85. The zero-order valence-electron chi connectivity index (χ0n) is 11.0. The van der Waals surface area contributed by atoms with Crippen molar-refractivity contribution in [2.45, 2.75) is 10.6 Å². The summed E-state index contributed by atoms with van der Waals surface area (Å²) >= 11 is 7.68. The Bertz CT molecular complexity index is 760. The van der Waals surface area contributed by atoms with Crippen LogP contribution >= 0.6 is 23.4 Å². The van der Waals surface area contributed by atoms with E-state index in [1.54, 1.807) is 17.8 Å².